The average molecular weight is 400 g/mol. The molecule has 0 aliphatic heterocycles. The maximum absolute atomic E-state index is 12.4. The molecular weight excluding hydrogens is 372 g/mol. The molecule has 0 spiro atoms. The molecule has 1 heterocycles. The zero-order chi connectivity index (χ0) is 21.1. The molecule has 0 radical (unpaired) electrons. The molecule has 0 atom stereocenters. The van der Waals surface area contributed by atoms with Gasteiger partial charge in [-0.25, -0.2) is 4.79 Å². The van der Waals surface area contributed by atoms with Gasteiger partial charge in [0.2, 0.25) is 0 Å². The van der Waals surface area contributed by atoms with Crippen LogP contribution in [0.3, 0.4) is 0 Å². The second kappa shape index (κ2) is 11.7. The Bertz CT molecular complexity index is 923. The van der Waals surface area contributed by atoms with E-state index in [9.17, 15) is 9.59 Å². The lowest BCUT2D eigenvalue weighted by Crippen LogP contribution is -2.14. The molecule has 0 bridgehead atoms. The third-order valence-corrected chi connectivity index (χ3v) is 3.93. The van der Waals surface area contributed by atoms with Crippen LogP contribution in [0.2, 0.25) is 0 Å². The van der Waals surface area contributed by atoms with Gasteiger partial charge in [-0.15, -0.1) is 0 Å². The van der Waals surface area contributed by atoms with E-state index in [0.29, 0.717) is 36.4 Å². The maximum atomic E-state index is 12.4. The van der Waals surface area contributed by atoms with Crippen molar-refractivity contribution in [1.29, 1.82) is 0 Å². The van der Waals surface area contributed by atoms with E-state index in [4.69, 9.17) is 18.6 Å². The highest BCUT2D eigenvalue weighted by molar-refractivity contribution is 5.92. The van der Waals surface area contributed by atoms with Gasteiger partial charge in [0.25, 0.3) is 5.75 Å². The van der Waals surface area contributed by atoms with Crippen molar-refractivity contribution in [2.75, 3.05) is 13.2 Å². The molecule has 1 aromatic heterocycles. The Hall–Kier alpha value is -3.02. The van der Waals surface area contributed by atoms with Crippen LogP contribution in [0, 0.1) is 0 Å². The lowest BCUT2D eigenvalue weighted by atomic mass is 10.2. The molecule has 1 aromatic carbocycles. The molecule has 0 aliphatic carbocycles. The maximum Gasteiger partial charge on any atom is 0.383 e. The van der Waals surface area contributed by atoms with Gasteiger partial charge < -0.3 is 18.6 Å². The molecular formula is C23H28O6. The molecule has 6 heteroatoms. The van der Waals surface area contributed by atoms with E-state index in [1.165, 1.54) is 6.92 Å². The van der Waals surface area contributed by atoms with Gasteiger partial charge >= 0.3 is 11.6 Å². The third kappa shape index (κ3) is 6.52. The summed E-state index contributed by atoms with van der Waals surface area (Å²) in [7, 11) is 0. The highest BCUT2D eigenvalue weighted by atomic mass is 16.6. The van der Waals surface area contributed by atoms with Crippen LogP contribution in [0.15, 0.2) is 51.7 Å². The van der Waals surface area contributed by atoms with Gasteiger partial charge in [-0.1, -0.05) is 44.2 Å². The molecule has 0 unspecified atom stereocenters. The highest BCUT2D eigenvalue weighted by Gasteiger charge is 2.22. The molecule has 2 rings (SSSR count). The average Bonchev–Trinajstić information content (AvgIpc) is 2.69. The smallest absolute Gasteiger partial charge is 0.383 e. The Morgan fingerprint density at radius 2 is 1.62 bits per heavy atom. The number of rotatable bonds is 11. The Labute approximate surface area is 170 Å². The van der Waals surface area contributed by atoms with Crippen molar-refractivity contribution in [3.63, 3.8) is 0 Å². The lowest BCUT2D eigenvalue weighted by molar-refractivity contribution is -0.132. The van der Waals surface area contributed by atoms with Crippen molar-refractivity contribution in [1.82, 2.24) is 0 Å². The first-order chi connectivity index (χ1) is 14.1. The Morgan fingerprint density at radius 1 is 0.966 bits per heavy atom. The van der Waals surface area contributed by atoms with Crippen molar-refractivity contribution < 1.29 is 23.4 Å². The van der Waals surface area contributed by atoms with E-state index in [1.807, 2.05) is 25.2 Å². The topological polar surface area (TPSA) is 75.0 Å². The van der Waals surface area contributed by atoms with Crippen LogP contribution in [0.5, 0.6) is 17.2 Å². The van der Waals surface area contributed by atoms with Crippen molar-refractivity contribution in [2.24, 2.45) is 0 Å². The van der Waals surface area contributed by atoms with Crippen LogP contribution in [-0.4, -0.2) is 19.2 Å². The van der Waals surface area contributed by atoms with Crippen molar-refractivity contribution >= 4 is 16.9 Å². The summed E-state index contributed by atoms with van der Waals surface area (Å²) < 4.78 is 22.2. The van der Waals surface area contributed by atoms with Crippen molar-refractivity contribution in [3.05, 3.63) is 52.9 Å². The Morgan fingerprint density at radius 3 is 2.24 bits per heavy atom. The summed E-state index contributed by atoms with van der Waals surface area (Å²) in [5.41, 5.74) is -0.457. The summed E-state index contributed by atoms with van der Waals surface area (Å²) in [6.45, 7) is 6.11. The SMILES string of the molecule is CCC=CCCOc1cccc2oc(=O)c(OC(C)=O)c(OCCC=CCC)c12. The van der Waals surface area contributed by atoms with Crippen LogP contribution in [0.1, 0.15) is 46.5 Å². The van der Waals surface area contributed by atoms with Crippen LogP contribution in [0.4, 0.5) is 0 Å². The molecule has 156 valence electrons. The summed E-state index contributed by atoms with van der Waals surface area (Å²) in [6, 6.07) is 5.16. The first-order valence-corrected chi connectivity index (χ1v) is 9.92. The fourth-order valence-corrected chi connectivity index (χ4v) is 2.70. The van der Waals surface area contributed by atoms with Gasteiger partial charge in [-0.05, 0) is 37.8 Å². The van der Waals surface area contributed by atoms with Crippen molar-refractivity contribution in [3.8, 4) is 17.2 Å². The minimum absolute atomic E-state index is 0.163. The summed E-state index contributed by atoms with van der Waals surface area (Å²) >= 11 is 0. The first kappa shape index (κ1) is 22.3. The number of hydrogen-bond donors (Lipinski definition) is 0. The number of esters is 1. The summed E-state index contributed by atoms with van der Waals surface area (Å²) in [4.78, 5) is 23.9. The molecule has 0 aliphatic rings. The van der Waals surface area contributed by atoms with E-state index in [1.54, 1.807) is 18.2 Å². The molecule has 0 N–H and O–H groups in total. The zero-order valence-electron chi connectivity index (χ0n) is 17.2. The zero-order valence-corrected chi connectivity index (χ0v) is 17.2. The second-order valence-corrected chi connectivity index (χ2v) is 6.30. The fourth-order valence-electron chi connectivity index (χ4n) is 2.70. The van der Waals surface area contributed by atoms with E-state index in [2.05, 4.69) is 13.0 Å². The van der Waals surface area contributed by atoms with Crippen LogP contribution in [-0.2, 0) is 4.79 Å². The Balaban J connectivity index is 2.43. The number of carbonyl (C=O) groups is 1. The number of allylic oxidation sites excluding steroid dienone is 2. The number of ether oxygens (including phenoxy) is 3. The predicted molar refractivity (Wildman–Crippen MR) is 113 cm³/mol. The fraction of sp³-hybridized carbons (Fsp3) is 0.391. The van der Waals surface area contributed by atoms with Gasteiger partial charge in [0.1, 0.15) is 16.7 Å². The van der Waals surface area contributed by atoms with E-state index in [0.717, 1.165) is 19.3 Å². The van der Waals surface area contributed by atoms with Crippen LogP contribution < -0.4 is 19.8 Å². The van der Waals surface area contributed by atoms with E-state index in [-0.39, 0.29) is 11.5 Å². The monoisotopic (exact) mass is 400 g/mol. The summed E-state index contributed by atoms with van der Waals surface area (Å²) in [6.07, 6.45) is 11.4. The van der Waals surface area contributed by atoms with Gasteiger partial charge in [0.05, 0.1) is 13.2 Å². The van der Waals surface area contributed by atoms with Gasteiger partial charge in [0, 0.05) is 6.92 Å². The van der Waals surface area contributed by atoms with Gasteiger partial charge in [-0.3, -0.25) is 4.79 Å². The molecule has 0 saturated heterocycles. The molecule has 2 aromatic rings. The molecule has 0 fully saturated rings. The molecule has 29 heavy (non-hydrogen) atoms. The summed E-state index contributed by atoms with van der Waals surface area (Å²) in [5, 5.41) is 0.474. The number of benzene rings is 1. The van der Waals surface area contributed by atoms with Gasteiger partial charge in [-0.2, -0.15) is 0 Å². The van der Waals surface area contributed by atoms with E-state index < -0.39 is 11.6 Å². The minimum atomic E-state index is -0.769. The predicted octanol–water partition coefficient (Wildman–Crippen LogP) is 5.19. The standard InChI is InChI=1S/C23H28O6/c1-4-6-8-10-15-26-18-13-12-14-19-20(18)21(27-16-11-9-7-5-2)22(23(25)29-19)28-17(3)24/h6-9,12-14H,4-5,10-11,15-16H2,1-3H3. The number of fused-ring (bicyclic) bond motifs is 1. The number of carbonyl (C=O) groups excluding carboxylic acids is 1. The van der Waals surface area contributed by atoms with Crippen LogP contribution >= 0.6 is 0 Å². The highest BCUT2D eigenvalue weighted by Crippen LogP contribution is 2.39. The molecule has 0 saturated carbocycles. The van der Waals surface area contributed by atoms with Crippen molar-refractivity contribution in [2.45, 2.75) is 46.5 Å². The summed E-state index contributed by atoms with van der Waals surface area (Å²) in [5.74, 6) is -0.221. The van der Waals surface area contributed by atoms with Gasteiger partial charge in [0.15, 0.2) is 5.75 Å². The Kier molecular flexibility index (Phi) is 9.02. The minimum Gasteiger partial charge on any atom is -0.492 e. The third-order valence-electron chi connectivity index (χ3n) is 3.93. The molecule has 6 nitrogen and oxygen atoms in total. The lowest BCUT2D eigenvalue weighted by Gasteiger charge is -2.15. The number of hydrogen-bond acceptors (Lipinski definition) is 6. The molecule has 0 amide bonds. The largest absolute Gasteiger partial charge is 0.492 e. The quantitative estimate of drug-likeness (QED) is 0.224. The van der Waals surface area contributed by atoms with E-state index >= 15 is 0 Å². The second-order valence-electron chi connectivity index (χ2n) is 6.30. The van der Waals surface area contributed by atoms with Crippen LogP contribution in [0.25, 0.3) is 11.0 Å². The normalized spacial score (nSPS) is 11.4. The first-order valence-electron chi connectivity index (χ1n) is 9.92.